The van der Waals surface area contributed by atoms with Gasteiger partial charge in [-0.25, -0.2) is 22.4 Å². The summed E-state index contributed by atoms with van der Waals surface area (Å²) in [5, 5.41) is 9.38. The average Bonchev–Trinajstić information content (AvgIpc) is 1.98. The number of nitriles is 1. The minimum Gasteiger partial charge on any atom is -0.361 e. The number of hydrogen-bond donors (Lipinski definition) is 0. The van der Waals surface area contributed by atoms with Crippen molar-refractivity contribution in [3.63, 3.8) is 0 Å². The molecule has 0 fully saturated rings. The topological polar surface area (TPSA) is 74.8 Å². The number of fused-ring (bicyclic) bond motifs is 4. The van der Waals surface area contributed by atoms with Crippen molar-refractivity contribution in [2.45, 2.75) is 100 Å². The van der Waals surface area contributed by atoms with Crippen LogP contribution in [0.1, 0.15) is 124 Å². The van der Waals surface area contributed by atoms with Crippen molar-refractivity contribution in [1.29, 1.82) is 5.26 Å². The largest absolute Gasteiger partial charge is 0.361 e. The molecule has 4 aliphatic heterocycles. The molecule has 4 aliphatic rings. The second kappa shape index (κ2) is 26.5. The minimum absolute atomic E-state index is 0.243. The molecule has 0 amide bonds. The molecule has 0 N–H and O–H groups in total. The zero-order chi connectivity index (χ0) is 61.6. The average molecular weight is 1190 g/mol. The summed E-state index contributed by atoms with van der Waals surface area (Å²) in [6.45, 7) is 12.8. The normalized spacial score (nSPS) is 20.5. The summed E-state index contributed by atoms with van der Waals surface area (Å²) in [7, 11) is 10.4. The fourth-order valence-corrected chi connectivity index (χ4v) is 13.9. The van der Waals surface area contributed by atoms with Crippen LogP contribution in [0, 0.1) is 41.2 Å². The van der Waals surface area contributed by atoms with Crippen molar-refractivity contribution in [1.82, 2.24) is 14.7 Å². The second-order valence-electron chi connectivity index (χ2n) is 24.5. The molecule has 4 heterocycles. The zero-order valence-electron chi connectivity index (χ0n) is 50.9. The van der Waals surface area contributed by atoms with Crippen LogP contribution in [0.15, 0.2) is 170 Å². The van der Waals surface area contributed by atoms with Gasteiger partial charge < -0.3 is 33.6 Å². The van der Waals surface area contributed by atoms with E-state index < -0.39 is 22.4 Å². The Hall–Kier alpha value is -7.82. The van der Waals surface area contributed by atoms with Crippen molar-refractivity contribution in [2.75, 3.05) is 61.4 Å². The van der Waals surface area contributed by atoms with E-state index in [1.165, 1.54) is 48.5 Å². The highest BCUT2D eigenvalue weighted by atomic mass is 19.1. The molecule has 0 aromatic heterocycles. The summed E-state index contributed by atoms with van der Waals surface area (Å²) in [6, 6.07) is 53.4. The number of benzene rings is 8. The fraction of sp³-hybridized carbons (Fsp3) is 0.333. The number of halogens is 4. The van der Waals surface area contributed by atoms with Gasteiger partial charge in [0.15, 0.2) is 5.69 Å². The van der Waals surface area contributed by atoms with Gasteiger partial charge in [-0.05, 0) is 263 Å². The van der Waals surface area contributed by atoms with E-state index in [9.17, 15) is 22.8 Å². The number of hydrogen-bond acceptors (Lipinski definition) is 8. The van der Waals surface area contributed by atoms with Gasteiger partial charge >= 0.3 is 0 Å². The summed E-state index contributed by atoms with van der Waals surface area (Å²) in [6.07, 6.45) is 6.66. The molecule has 9 nitrogen and oxygen atoms in total. The molecule has 0 aliphatic carbocycles. The maximum absolute atomic E-state index is 13.9. The molecule has 4 atom stereocenters. The van der Waals surface area contributed by atoms with E-state index in [2.05, 4.69) is 97.3 Å². The first-order valence-electron chi connectivity index (χ1n) is 30.5. The monoisotopic (exact) mass is 1190 g/mol. The van der Waals surface area contributed by atoms with Gasteiger partial charge in [0.25, 0.3) is 0 Å². The van der Waals surface area contributed by atoms with Gasteiger partial charge in [-0.1, -0.05) is 97.1 Å². The van der Waals surface area contributed by atoms with E-state index in [4.69, 9.17) is 25.5 Å². The first kappa shape index (κ1) is 61.8. The van der Waals surface area contributed by atoms with Crippen LogP contribution in [0.2, 0.25) is 0 Å². The van der Waals surface area contributed by atoms with Gasteiger partial charge in [0.2, 0.25) is 0 Å². The Morgan fingerprint density at radius 1 is 0.409 bits per heavy atom. The summed E-state index contributed by atoms with van der Waals surface area (Å²) in [5.41, 5.74) is 13.4. The number of rotatable bonds is 21. The van der Waals surface area contributed by atoms with E-state index in [1.807, 2.05) is 60.7 Å². The Morgan fingerprint density at radius 2 is 0.716 bits per heavy atom. The first-order chi connectivity index (χ1) is 42.6. The van der Waals surface area contributed by atoms with Gasteiger partial charge in [0.05, 0.1) is 44.6 Å². The van der Waals surface area contributed by atoms with Crippen LogP contribution in [0.5, 0.6) is 0 Å². The Bertz CT molecular complexity index is 3600. The Kier molecular flexibility index (Phi) is 18.6. The standard InChI is InChI=1S/C38H42F2N2O2.C37H33F2N3O2/c1-41(2)21-5-19-37(31-9-13-33(39)14-10-31)35-17-7-27(23-29(35)25-43-37)28-8-18-36-30(24-28)26-44-38(36,20-6-22-42(3)4)32-11-15-34(40)16-12-32;1-41-33-14-16-35-28(22-33)25-44-37(35,30-8-12-32(39)13-9-30)18-4-20-42(2)19-3-17-36(29-6-10-31(38)11-7-29)34-15-5-26(23-40)21-27(34)24-43-36/h7-18,23-24H,5-6,19-22,25-26H2,1-4H3;5-16,21-22H,3-4,17-20,24-25H2,2H3. The van der Waals surface area contributed by atoms with E-state index in [-0.39, 0.29) is 23.3 Å². The lowest BCUT2D eigenvalue weighted by Gasteiger charge is -2.32. The Balaban J connectivity index is 0.000000182. The van der Waals surface area contributed by atoms with E-state index in [0.717, 1.165) is 143 Å². The van der Waals surface area contributed by atoms with Gasteiger partial charge in [0.1, 0.15) is 45.7 Å². The van der Waals surface area contributed by atoms with Crippen LogP contribution in [0.25, 0.3) is 16.0 Å². The maximum Gasteiger partial charge on any atom is 0.187 e. The summed E-state index contributed by atoms with van der Waals surface area (Å²) < 4.78 is 81.6. The van der Waals surface area contributed by atoms with Crippen LogP contribution < -0.4 is 0 Å². The molecule has 4 unspecified atom stereocenters. The molecule has 0 saturated carbocycles. The third-order valence-corrected chi connectivity index (χ3v) is 18.3. The molecular formula is C75H75F4N5O4. The van der Waals surface area contributed by atoms with Crippen molar-refractivity contribution < 1.29 is 36.5 Å². The summed E-state index contributed by atoms with van der Waals surface area (Å²) in [4.78, 5) is 10.2. The highest BCUT2D eigenvalue weighted by Gasteiger charge is 2.45. The Labute approximate surface area is 515 Å². The van der Waals surface area contributed by atoms with Crippen LogP contribution in [0.3, 0.4) is 0 Å². The van der Waals surface area contributed by atoms with E-state index in [1.54, 1.807) is 24.3 Å². The SMILES string of the molecule is CN(C)CCCC1(c2ccc(F)cc2)OCc2cc(-c3ccc4c(c3)COC4(CCCN(C)C)c3ccc(F)cc3)ccc21.[C-]#[N+]c1ccc2c(c1)COC2(CCCN(C)CCCC1(c2ccc(F)cc2)OCc2cc(C#N)ccc21)c1ccc(F)cc1. The molecule has 88 heavy (non-hydrogen) atoms. The highest BCUT2D eigenvalue weighted by Crippen LogP contribution is 2.51. The fourth-order valence-electron chi connectivity index (χ4n) is 13.9. The minimum atomic E-state index is -0.698. The van der Waals surface area contributed by atoms with Crippen LogP contribution in [-0.4, -0.2) is 76.1 Å². The second-order valence-corrected chi connectivity index (χ2v) is 24.5. The third-order valence-electron chi connectivity index (χ3n) is 18.3. The molecule has 0 bridgehead atoms. The molecular weight excluding hydrogens is 1110 g/mol. The highest BCUT2D eigenvalue weighted by molar-refractivity contribution is 5.68. The lowest BCUT2D eigenvalue weighted by molar-refractivity contribution is -0.0166. The molecule has 8 aromatic rings. The van der Waals surface area contributed by atoms with Gasteiger partial charge in [-0.15, -0.1) is 0 Å². The molecule has 8 aromatic carbocycles. The van der Waals surface area contributed by atoms with Crippen LogP contribution in [0.4, 0.5) is 23.2 Å². The molecule has 13 heteroatoms. The Morgan fingerprint density at radius 3 is 1.05 bits per heavy atom. The van der Waals surface area contributed by atoms with Gasteiger partial charge in [-0.3, -0.25) is 0 Å². The third kappa shape index (κ3) is 12.6. The van der Waals surface area contributed by atoms with Crippen LogP contribution in [-0.2, 0) is 67.8 Å². The van der Waals surface area contributed by atoms with E-state index >= 15 is 0 Å². The van der Waals surface area contributed by atoms with Crippen molar-refractivity contribution in [2.24, 2.45) is 0 Å². The lowest BCUT2D eigenvalue weighted by Crippen LogP contribution is -2.31. The van der Waals surface area contributed by atoms with Crippen LogP contribution >= 0.6 is 0 Å². The summed E-state index contributed by atoms with van der Waals surface area (Å²) in [5.74, 6) is -1.07. The van der Waals surface area contributed by atoms with E-state index in [0.29, 0.717) is 50.5 Å². The molecule has 0 spiro atoms. The first-order valence-corrected chi connectivity index (χ1v) is 30.5. The lowest BCUT2D eigenvalue weighted by atomic mass is 9.80. The molecule has 0 radical (unpaired) electrons. The smallest absolute Gasteiger partial charge is 0.187 e. The van der Waals surface area contributed by atoms with Crippen molar-refractivity contribution >= 4 is 5.69 Å². The van der Waals surface area contributed by atoms with Gasteiger partial charge in [-0.2, -0.15) is 5.26 Å². The van der Waals surface area contributed by atoms with Crippen molar-refractivity contribution in [3.8, 4) is 17.2 Å². The number of ether oxygens (including phenoxy) is 4. The molecule has 0 saturated heterocycles. The van der Waals surface area contributed by atoms with Gasteiger partial charge in [0, 0.05) is 0 Å². The molecule has 12 rings (SSSR count). The molecule has 452 valence electrons. The predicted octanol–water partition coefficient (Wildman–Crippen LogP) is 16.0. The van der Waals surface area contributed by atoms with Crippen molar-refractivity contribution in [3.05, 3.63) is 277 Å². The quantitative estimate of drug-likeness (QED) is 0.0520. The predicted molar refractivity (Wildman–Crippen MR) is 335 cm³/mol. The maximum atomic E-state index is 13.9. The summed E-state index contributed by atoms with van der Waals surface area (Å²) >= 11 is 0. The zero-order valence-corrected chi connectivity index (χ0v) is 50.9. The number of nitrogens with zero attached hydrogens (tertiary/aromatic N) is 5.